The zero-order valence-electron chi connectivity index (χ0n) is 14.4. The number of aromatic nitrogens is 2. The van der Waals surface area contributed by atoms with Crippen molar-refractivity contribution in [2.75, 3.05) is 13.2 Å². The monoisotopic (exact) mass is 391 g/mol. The van der Waals surface area contributed by atoms with E-state index in [-0.39, 0.29) is 18.0 Å². The van der Waals surface area contributed by atoms with Gasteiger partial charge in [0.1, 0.15) is 23.7 Å². The van der Waals surface area contributed by atoms with Crippen molar-refractivity contribution in [2.45, 2.75) is 20.4 Å². The quantitative estimate of drug-likeness (QED) is 0.656. The van der Waals surface area contributed by atoms with Crippen LogP contribution >= 0.6 is 22.9 Å². The van der Waals surface area contributed by atoms with E-state index in [1.807, 2.05) is 13.8 Å². The number of nitrogens with one attached hydrogen (secondary N) is 1. The van der Waals surface area contributed by atoms with Crippen LogP contribution in [0, 0.1) is 13.8 Å². The number of carbonyl (C=O) groups is 1. The molecular weight excluding hydrogens is 374 g/mol. The Morgan fingerprint density at radius 2 is 2.04 bits per heavy atom. The van der Waals surface area contributed by atoms with Gasteiger partial charge in [-0.25, -0.2) is 4.98 Å². The summed E-state index contributed by atoms with van der Waals surface area (Å²) < 4.78 is 6.84. The SMILES string of the molecule is Cc1sc2ncn(CC(=O)NCCOc3ccc(Cl)cc3)c(=O)c2c1C. The minimum absolute atomic E-state index is 0.0724. The van der Waals surface area contributed by atoms with E-state index in [4.69, 9.17) is 16.3 Å². The van der Waals surface area contributed by atoms with E-state index in [0.29, 0.717) is 34.1 Å². The van der Waals surface area contributed by atoms with Gasteiger partial charge in [0.05, 0.1) is 18.3 Å². The molecule has 1 aromatic carbocycles. The highest BCUT2D eigenvalue weighted by Crippen LogP contribution is 2.25. The maximum Gasteiger partial charge on any atom is 0.262 e. The third-order valence-corrected chi connectivity index (χ3v) is 5.34. The highest BCUT2D eigenvalue weighted by Gasteiger charge is 2.13. The molecule has 0 aliphatic rings. The van der Waals surface area contributed by atoms with Crippen LogP contribution in [0.2, 0.25) is 5.02 Å². The van der Waals surface area contributed by atoms with E-state index >= 15 is 0 Å². The Hall–Kier alpha value is -2.38. The van der Waals surface area contributed by atoms with Crippen molar-refractivity contribution < 1.29 is 9.53 Å². The van der Waals surface area contributed by atoms with Crippen molar-refractivity contribution in [3.8, 4) is 5.75 Å². The molecule has 0 fully saturated rings. The first-order valence-corrected chi connectivity index (χ1v) is 9.25. The molecule has 2 aromatic heterocycles. The summed E-state index contributed by atoms with van der Waals surface area (Å²) in [5, 5.41) is 3.96. The Kier molecular flexibility index (Phi) is 5.58. The highest BCUT2D eigenvalue weighted by molar-refractivity contribution is 7.18. The summed E-state index contributed by atoms with van der Waals surface area (Å²) in [5.74, 6) is 0.412. The lowest BCUT2D eigenvalue weighted by atomic mass is 10.2. The van der Waals surface area contributed by atoms with Gasteiger partial charge in [-0.05, 0) is 43.7 Å². The molecule has 0 aliphatic carbocycles. The molecule has 8 heteroatoms. The Morgan fingerprint density at radius 3 is 2.77 bits per heavy atom. The van der Waals surface area contributed by atoms with E-state index in [0.717, 1.165) is 10.4 Å². The van der Waals surface area contributed by atoms with Crippen molar-refractivity contribution in [2.24, 2.45) is 0 Å². The van der Waals surface area contributed by atoms with Gasteiger partial charge in [-0.2, -0.15) is 0 Å². The molecule has 26 heavy (non-hydrogen) atoms. The molecule has 1 amide bonds. The van der Waals surface area contributed by atoms with E-state index in [2.05, 4.69) is 10.3 Å². The average Bonchev–Trinajstić information content (AvgIpc) is 2.91. The van der Waals surface area contributed by atoms with Crippen LogP contribution in [0.4, 0.5) is 0 Å². The standard InChI is InChI=1S/C18H18ClN3O3S/c1-11-12(2)26-17-16(11)18(24)22(10-21-17)9-15(23)20-7-8-25-14-5-3-13(19)4-6-14/h3-6,10H,7-9H2,1-2H3,(H,20,23). The van der Waals surface area contributed by atoms with Gasteiger partial charge in [0.2, 0.25) is 5.91 Å². The van der Waals surface area contributed by atoms with Gasteiger partial charge < -0.3 is 10.1 Å². The van der Waals surface area contributed by atoms with Gasteiger partial charge >= 0.3 is 0 Å². The molecule has 0 radical (unpaired) electrons. The molecule has 3 aromatic rings. The number of nitrogens with zero attached hydrogens (tertiary/aromatic N) is 2. The molecule has 0 atom stereocenters. The van der Waals surface area contributed by atoms with Crippen LogP contribution in [0.3, 0.4) is 0 Å². The fourth-order valence-corrected chi connectivity index (χ4v) is 3.60. The second-order valence-electron chi connectivity index (χ2n) is 5.79. The predicted molar refractivity (Wildman–Crippen MR) is 103 cm³/mol. The smallest absolute Gasteiger partial charge is 0.262 e. The zero-order valence-corrected chi connectivity index (χ0v) is 16.0. The van der Waals surface area contributed by atoms with Crippen LogP contribution in [0.25, 0.3) is 10.2 Å². The van der Waals surface area contributed by atoms with Gasteiger partial charge in [0.15, 0.2) is 0 Å². The topological polar surface area (TPSA) is 73.2 Å². The summed E-state index contributed by atoms with van der Waals surface area (Å²) in [4.78, 5) is 30.7. The zero-order chi connectivity index (χ0) is 18.7. The molecule has 6 nitrogen and oxygen atoms in total. The van der Waals surface area contributed by atoms with E-state index in [1.54, 1.807) is 24.3 Å². The van der Waals surface area contributed by atoms with Crippen LogP contribution in [-0.4, -0.2) is 28.6 Å². The number of halogens is 1. The number of hydrogen-bond donors (Lipinski definition) is 1. The number of thiophene rings is 1. The van der Waals surface area contributed by atoms with Gasteiger partial charge in [0, 0.05) is 9.90 Å². The van der Waals surface area contributed by atoms with Crippen LogP contribution in [0.15, 0.2) is 35.4 Å². The van der Waals surface area contributed by atoms with Crippen molar-refractivity contribution in [1.29, 1.82) is 0 Å². The highest BCUT2D eigenvalue weighted by atomic mass is 35.5. The lowest BCUT2D eigenvalue weighted by Crippen LogP contribution is -2.34. The molecule has 0 saturated carbocycles. The van der Waals surface area contributed by atoms with Crippen molar-refractivity contribution >= 4 is 39.1 Å². The third-order valence-electron chi connectivity index (χ3n) is 3.98. The van der Waals surface area contributed by atoms with Crippen LogP contribution in [0.1, 0.15) is 10.4 Å². The number of amides is 1. The third kappa shape index (κ3) is 4.05. The number of ether oxygens (including phenoxy) is 1. The molecule has 1 N–H and O–H groups in total. The Morgan fingerprint density at radius 1 is 1.31 bits per heavy atom. The largest absolute Gasteiger partial charge is 0.492 e. The number of carbonyl (C=O) groups excluding carboxylic acids is 1. The first-order chi connectivity index (χ1) is 12.5. The summed E-state index contributed by atoms with van der Waals surface area (Å²) in [7, 11) is 0. The second kappa shape index (κ2) is 7.88. The lowest BCUT2D eigenvalue weighted by molar-refractivity contribution is -0.121. The van der Waals surface area contributed by atoms with E-state index < -0.39 is 0 Å². The lowest BCUT2D eigenvalue weighted by Gasteiger charge is -2.09. The number of benzene rings is 1. The molecule has 136 valence electrons. The normalized spacial score (nSPS) is 10.9. The number of hydrogen-bond acceptors (Lipinski definition) is 5. The average molecular weight is 392 g/mol. The van der Waals surface area contributed by atoms with Crippen molar-refractivity contribution in [3.05, 3.63) is 56.4 Å². The first kappa shape index (κ1) is 18.4. The second-order valence-corrected chi connectivity index (χ2v) is 7.43. The summed E-state index contributed by atoms with van der Waals surface area (Å²) in [6.07, 6.45) is 1.42. The summed E-state index contributed by atoms with van der Waals surface area (Å²) in [6.45, 7) is 4.44. The molecule has 0 saturated heterocycles. The van der Waals surface area contributed by atoms with Gasteiger partial charge in [-0.1, -0.05) is 11.6 Å². The van der Waals surface area contributed by atoms with Crippen LogP contribution in [-0.2, 0) is 11.3 Å². The molecular formula is C18H18ClN3O3S. The maximum atomic E-state index is 12.6. The Bertz CT molecular complexity index is 995. The van der Waals surface area contributed by atoms with Crippen molar-refractivity contribution in [1.82, 2.24) is 14.9 Å². The Labute approximate surface area is 159 Å². The Balaban J connectivity index is 1.56. The van der Waals surface area contributed by atoms with Crippen LogP contribution in [0.5, 0.6) is 5.75 Å². The summed E-state index contributed by atoms with van der Waals surface area (Å²) in [5.41, 5.74) is 0.734. The summed E-state index contributed by atoms with van der Waals surface area (Å²) >= 11 is 7.29. The molecule has 3 rings (SSSR count). The molecule has 0 spiro atoms. The molecule has 0 aliphatic heterocycles. The van der Waals surface area contributed by atoms with Crippen LogP contribution < -0.4 is 15.6 Å². The number of aryl methyl sites for hydroxylation is 2. The fraction of sp³-hybridized carbons (Fsp3) is 0.278. The molecule has 0 unspecified atom stereocenters. The van der Waals surface area contributed by atoms with Crippen molar-refractivity contribution in [3.63, 3.8) is 0 Å². The molecule has 0 bridgehead atoms. The molecule has 2 heterocycles. The van der Waals surface area contributed by atoms with Gasteiger partial charge in [-0.3, -0.25) is 14.2 Å². The predicted octanol–water partition coefficient (Wildman–Crippen LogP) is 2.92. The fourth-order valence-electron chi connectivity index (χ4n) is 2.48. The van der Waals surface area contributed by atoms with E-state index in [1.165, 1.54) is 22.2 Å². The maximum absolute atomic E-state index is 12.6. The van der Waals surface area contributed by atoms with E-state index in [9.17, 15) is 9.59 Å². The van der Waals surface area contributed by atoms with Gasteiger partial charge in [0.25, 0.3) is 5.56 Å². The first-order valence-electron chi connectivity index (χ1n) is 8.06. The minimum atomic E-state index is -0.266. The number of fused-ring (bicyclic) bond motifs is 1. The number of rotatable bonds is 6. The summed E-state index contributed by atoms with van der Waals surface area (Å²) in [6, 6.07) is 6.99. The minimum Gasteiger partial charge on any atom is -0.492 e. The van der Waals surface area contributed by atoms with Gasteiger partial charge in [-0.15, -0.1) is 11.3 Å².